The van der Waals surface area contributed by atoms with E-state index in [9.17, 15) is 18.0 Å². The van der Waals surface area contributed by atoms with Crippen molar-refractivity contribution in [2.75, 3.05) is 26.7 Å². The SMILES string of the molecule is CC1CCC(N(C)C(=O)COC(=O)c2ccc(S(=O)(=O)N3CCCCCC3)cc2)CC1. The first kappa shape index (κ1) is 23.7. The van der Waals surface area contributed by atoms with E-state index < -0.39 is 16.0 Å². The molecule has 1 amide bonds. The average Bonchev–Trinajstić information content (AvgIpc) is 3.07. The lowest BCUT2D eigenvalue weighted by atomic mass is 9.87. The van der Waals surface area contributed by atoms with Crippen LogP contribution in [0.5, 0.6) is 0 Å². The van der Waals surface area contributed by atoms with E-state index in [1.165, 1.54) is 28.6 Å². The third-order valence-electron chi connectivity index (χ3n) is 6.55. The molecule has 2 aliphatic rings. The largest absolute Gasteiger partial charge is 0.452 e. The van der Waals surface area contributed by atoms with Crippen LogP contribution in [-0.2, 0) is 19.6 Å². The minimum Gasteiger partial charge on any atom is -0.452 e. The summed E-state index contributed by atoms with van der Waals surface area (Å²) in [5.74, 6) is -0.144. The van der Waals surface area contributed by atoms with Crippen molar-refractivity contribution in [2.45, 2.75) is 69.2 Å². The van der Waals surface area contributed by atoms with Crippen molar-refractivity contribution in [3.63, 3.8) is 0 Å². The van der Waals surface area contributed by atoms with Gasteiger partial charge in [-0.2, -0.15) is 4.31 Å². The van der Waals surface area contributed by atoms with Crippen molar-refractivity contribution in [3.8, 4) is 0 Å². The van der Waals surface area contributed by atoms with Gasteiger partial charge in [0.2, 0.25) is 10.0 Å². The minimum atomic E-state index is -3.56. The fraction of sp³-hybridized carbons (Fsp3) is 0.652. The van der Waals surface area contributed by atoms with Crippen LogP contribution in [0.4, 0.5) is 0 Å². The van der Waals surface area contributed by atoms with Crippen molar-refractivity contribution in [1.82, 2.24) is 9.21 Å². The molecule has 0 radical (unpaired) electrons. The number of rotatable bonds is 6. The number of carbonyl (C=O) groups excluding carboxylic acids is 2. The molecule has 2 fully saturated rings. The maximum Gasteiger partial charge on any atom is 0.338 e. The summed E-state index contributed by atoms with van der Waals surface area (Å²) in [5.41, 5.74) is 0.233. The molecule has 1 saturated carbocycles. The van der Waals surface area contributed by atoms with Crippen LogP contribution in [0.1, 0.15) is 68.6 Å². The second-order valence-corrected chi connectivity index (χ2v) is 10.8. The van der Waals surface area contributed by atoms with Crippen LogP contribution in [0, 0.1) is 5.92 Å². The van der Waals surface area contributed by atoms with E-state index >= 15 is 0 Å². The molecule has 8 heteroatoms. The Morgan fingerprint density at radius 3 is 2.16 bits per heavy atom. The van der Waals surface area contributed by atoms with Crippen molar-refractivity contribution in [2.24, 2.45) is 5.92 Å². The highest BCUT2D eigenvalue weighted by Crippen LogP contribution is 2.26. The summed E-state index contributed by atoms with van der Waals surface area (Å²) in [6, 6.07) is 5.97. The molecule has 0 atom stereocenters. The summed E-state index contributed by atoms with van der Waals surface area (Å²) >= 11 is 0. The standard InChI is InChI=1S/C23H34N2O5S/c1-18-7-11-20(12-8-18)24(2)22(26)17-30-23(27)19-9-13-21(14-10-19)31(28,29)25-15-5-3-4-6-16-25/h9-10,13-14,18,20H,3-8,11-12,15-17H2,1-2H3. The number of sulfonamides is 1. The lowest BCUT2D eigenvalue weighted by Gasteiger charge is -2.33. The van der Waals surface area contributed by atoms with E-state index in [2.05, 4.69) is 6.92 Å². The van der Waals surface area contributed by atoms with Crippen LogP contribution < -0.4 is 0 Å². The first-order valence-electron chi connectivity index (χ1n) is 11.3. The smallest absolute Gasteiger partial charge is 0.338 e. The Labute approximate surface area is 185 Å². The Morgan fingerprint density at radius 1 is 1.00 bits per heavy atom. The zero-order chi connectivity index (χ0) is 22.4. The molecule has 0 unspecified atom stereocenters. The Hall–Kier alpha value is -1.93. The van der Waals surface area contributed by atoms with Gasteiger partial charge in [0.1, 0.15) is 0 Å². The highest BCUT2D eigenvalue weighted by atomic mass is 32.2. The number of likely N-dealkylation sites (N-methyl/N-ethyl adjacent to an activating group) is 1. The van der Waals surface area contributed by atoms with E-state index in [1.54, 1.807) is 11.9 Å². The van der Waals surface area contributed by atoms with Gasteiger partial charge in [-0.3, -0.25) is 4.79 Å². The maximum atomic E-state index is 12.8. The molecule has 7 nitrogen and oxygen atoms in total. The number of nitrogens with zero attached hydrogens (tertiary/aromatic N) is 2. The molecule has 1 heterocycles. The molecule has 1 aliphatic heterocycles. The molecular formula is C23H34N2O5S. The Balaban J connectivity index is 1.54. The van der Waals surface area contributed by atoms with Crippen LogP contribution in [0.3, 0.4) is 0 Å². The first-order valence-corrected chi connectivity index (χ1v) is 12.8. The molecular weight excluding hydrogens is 416 g/mol. The van der Waals surface area contributed by atoms with Crippen LogP contribution in [0.25, 0.3) is 0 Å². The van der Waals surface area contributed by atoms with Gasteiger partial charge in [-0.05, 0) is 68.7 Å². The fourth-order valence-corrected chi connectivity index (χ4v) is 5.86. The van der Waals surface area contributed by atoms with Crippen molar-refractivity contribution in [3.05, 3.63) is 29.8 Å². The van der Waals surface area contributed by atoms with E-state index in [0.717, 1.165) is 51.4 Å². The summed E-state index contributed by atoms with van der Waals surface area (Å²) in [4.78, 5) is 26.6. The molecule has 1 aromatic carbocycles. The van der Waals surface area contributed by atoms with Crippen LogP contribution in [0.15, 0.2) is 29.2 Å². The predicted molar refractivity (Wildman–Crippen MR) is 118 cm³/mol. The van der Waals surface area contributed by atoms with Crippen molar-refractivity contribution < 1.29 is 22.7 Å². The molecule has 1 saturated heterocycles. The minimum absolute atomic E-state index is 0.174. The summed E-state index contributed by atoms with van der Waals surface area (Å²) in [6.45, 7) is 2.98. The topological polar surface area (TPSA) is 84.0 Å². The monoisotopic (exact) mass is 450 g/mol. The van der Waals surface area contributed by atoms with Gasteiger partial charge in [0.05, 0.1) is 10.5 Å². The molecule has 3 rings (SSSR count). The number of amides is 1. The van der Waals surface area contributed by atoms with Crippen LogP contribution in [-0.4, -0.2) is 62.3 Å². The summed E-state index contributed by atoms with van der Waals surface area (Å²) in [6.07, 6.45) is 7.99. The molecule has 0 N–H and O–H groups in total. The van der Waals surface area contributed by atoms with Crippen molar-refractivity contribution in [1.29, 1.82) is 0 Å². The highest BCUT2D eigenvalue weighted by molar-refractivity contribution is 7.89. The first-order chi connectivity index (χ1) is 14.8. The number of ether oxygens (including phenoxy) is 1. The van der Waals surface area contributed by atoms with E-state index in [1.807, 2.05) is 0 Å². The Kier molecular flexibility index (Phi) is 8.11. The lowest BCUT2D eigenvalue weighted by molar-refractivity contribution is -0.136. The zero-order valence-corrected chi connectivity index (χ0v) is 19.4. The van der Waals surface area contributed by atoms with Gasteiger partial charge < -0.3 is 9.64 Å². The van der Waals surface area contributed by atoms with Crippen molar-refractivity contribution >= 4 is 21.9 Å². The number of benzene rings is 1. The van der Waals surface area contributed by atoms with Crippen LogP contribution >= 0.6 is 0 Å². The third kappa shape index (κ3) is 6.07. The molecule has 1 aliphatic carbocycles. The van der Waals surface area contributed by atoms with Gasteiger partial charge in [-0.1, -0.05) is 19.8 Å². The number of carbonyl (C=O) groups is 2. The number of esters is 1. The second-order valence-electron chi connectivity index (χ2n) is 8.84. The molecule has 31 heavy (non-hydrogen) atoms. The molecule has 172 valence electrons. The van der Waals surface area contributed by atoms with E-state index in [0.29, 0.717) is 19.0 Å². The number of hydrogen-bond donors (Lipinski definition) is 0. The normalized spacial score (nSPS) is 23.0. The Bertz CT molecular complexity index is 852. The maximum absolute atomic E-state index is 12.8. The summed E-state index contributed by atoms with van der Waals surface area (Å²) in [7, 11) is -1.80. The molecule has 0 spiro atoms. The zero-order valence-electron chi connectivity index (χ0n) is 18.6. The van der Waals surface area contributed by atoms with Gasteiger partial charge in [0, 0.05) is 26.2 Å². The van der Waals surface area contributed by atoms with Gasteiger partial charge in [0.15, 0.2) is 6.61 Å². The molecule has 0 bridgehead atoms. The highest BCUT2D eigenvalue weighted by Gasteiger charge is 2.27. The van der Waals surface area contributed by atoms with Gasteiger partial charge in [-0.15, -0.1) is 0 Å². The van der Waals surface area contributed by atoms with E-state index in [4.69, 9.17) is 4.74 Å². The second kappa shape index (κ2) is 10.6. The molecule has 0 aromatic heterocycles. The van der Waals surface area contributed by atoms with Crippen LogP contribution in [0.2, 0.25) is 0 Å². The van der Waals surface area contributed by atoms with Gasteiger partial charge in [-0.25, -0.2) is 13.2 Å². The van der Waals surface area contributed by atoms with Gasteiger partial charge >= 0.3 is 5.97 Å². The summed E-state index contributed by atoms with van der Waals surface area (Å²) < 4.78 is 32.4. The summed E-state index contributed by atoms with van der Waals surface area (Å²) in [5, 5.41) is 0. The van der Waals surface area contributed by atoms with E-state index in [-0.39, 0.29) is 29.0 Å². The predicted octanol–water partition coefficient (Wildman–Crippen LogP) is 3.45. The quantitative estimate of drug-likeness (QED) is 0.620. The lowest BCUT2D eigenvalue weighted by Crippen LogP contribution is -2.41. The molecule has 1 aromatic rings. The fourth-order valence-electron chi connectivity index (χ4n) is 4.34. The number of hydrogen-bond acceptors (Lipinski definition) is 5. The van der Waals surface area contributed by atoms with Gasteiger partial charge in [0.25, 0.3) is 5.91 Å². The average molecular weight is 451 g/mol. The Morgan fingerprint density at radius 2 is 1.58 bits per heavy atom. The third-order valence-corrected chi connectivity index (χ3v) is 8.46.